The average Bonchev–Trinajstić information content (AvgIpc) is 2.32. The van der Waals surface area contributed by atoms with Crippen molar-refractivity contribution in [3.05, 3.63) is 60.3 Å². The number of pyridine rings is 1. The van der Waals surface area contributed by atoms with E-state index in [0.29, 0.717) is 11.4 Å². The summed E-state index contributed by atoms with van der Waals surface area (Å²) in [5, 5.41) is 2.72. The third kappa shape index (κ3) is 4.47. The Hall–Kier alpha value is -2.16. The Morgan fingerprint density at radius 2 is 2.18 bits per heavy atom. The molecule has 0 radical (unpaired) electrons. The van der Waals surface area contributed by atoms with E-state index in [1.54, 1.807) is 43.5 Å². The highest BCUT2D eigenvalue weighted by atomic mass is 16.1. The Balaban J connectivity index is 2.65. The van der Waals surface area contributed by atoms with Crippen molar-refractivity contribution in [2.75, 3.05) is 5.32 Å². The predicted molar refractivity (Wildman–Crippen MR) is 70.7 cm³/mol. The van der Waals surface area contributed by atoms with Gasteiger partial charge in [0.2, 0.25) is 0 Å². The number of anilines is 1. The van der Waals surface area contributed by atoms with Crippen molar-refractivity contribution in [2.45, 2.75) is 13.8 Å². The fourth-order valence-corrected chi connectivity index (χ4v) is 1.11. The topological polar surface area (TPSA) is 42.0 Å². The SMILES string of the molecule is C=C/C=C\C=C(/C)C(=O)Nc1ccc(C)cn1. The number of nitrogens with zero attached hydrogens (tertiary/aromatic N) is 1. The van der Waals surface area contributed by atoms with Crippen LogP contribution >= 0.6 is 0 Å². The molecule has 1 heterocycles. The number of rotatable bonds is 4. The molecule has 1 aromatic heterocycles. The number of nitrogens with one attached hydrogen (secondary N) is 1. The van der Waals surface area contributed by atoms with Crippen molar-refractivity contribution in [1.29, 1.82) is 0 Å². The van der Waals surface area contributed by atoms with Gasteiger partial charge >= 0.3 is 0 Å². The smallest absolute Gasteiger partial charge is 0.252 e. The van der Waals surface area contributed by atoms with Gasteiger partial charge in [0.1, 0.15) is 5.82 Å². The molecule has 0 fully saturated rings. The van der Waals surface area contributed by atoms with Crippen molar-refractivity contribution < 1.29 is 4.79 Å². The summed E-state index contributed by atoms with van der Waals surface area (Å²) in [6.45, 7) is 7.25. The Morgan fingerprint density at radius 1 is 1.41 bits per heavy atom. The van der Waals surface area contributed by atoms with Gasteiger partial charge in [0.15, 0.2) is 0 Å². The summed E-state index contributed by atoms with van der Waals surface area (Å²) in [4.78, 5) is 15.8. The number of allylic oxidation sites excluding steroid dienone is 4. The zero-order chi connectivity index (χ0) is 12.7. The van der Waals surface area contributed by atoms with Crippen LogP contribution in [0.1, 0.15) is 12.5 Å². The van der Waals surface area contributed by atoms with Gasteiger partial charge in [-0.25, -0.2) is 4.98 Å². The van der Waals surface area contributed by atoms with Crippen LogP contribution in [0.5, 0.6) is 0 Å². The number of hydrogen-bond acceptors (Lipinski definition) is 2. The van der Waals surface area contributed by atoms with E-state index in [-0.39, 0.29) is 5.91 Å². The van der Waals surface area contributed by atoms with Crippen molar-refractivity contribution in [2.24, 2.45) is 0 Å². The number of carbonyl (C=O) groups is 1. The second-order valence-electron chi connectivity index (χ2n) is 3.65. The maximum Gasteiger partial charge on any atom is 0.252 e. The third-order valence-corrected chi connectivity index (χ3v) is 2.10. The summed E-state index contributed by atoms with van der Waals surface area (Å²) in [6, 6.07) is 3.68. The first-order chi connectivity index (χ1) is 8.13. The molecule has 0 bridgehead atoms. The van der Waals surface area contributed by atoms with Crippen LogP contribution in [0.15, 0.2) is 54.8 Å². The van der Waals surface area contributed by atoms with Crippen LogP contribution in [-0.2, 0) is 4.79 Å². The molecular weight excluding hydrogens is 212 g/mol. The minimum atomic E-state index is -0.157. The lowest BCUT2D eigenvalue weighted by Gasteiger charge is -2.03. The van der Waals surface area contributed by atoms with Gasteiger partial charge in [0, 0.05) is 11.8 Å². The molecule has 0 atom stereocenters. The van der Waals surface area contributed by atoms with E-state index < -0.39 is 0 Å². The Kier molecular flexibility index (Phi) is 4.88. The van der Waals surface area contributed by atoms with E-state index in [0.717, 1.165) is 5.56 Å². The zero-order valence-electron chi connectivity index (χ0n) is 10.1. The first-order valence-corrected chi connectivity index (χ1v) is 5.33. The van der Waals surface area contributed by atoms with Crippen LogP contribution in [0, 0.1) is 6.92 Å². The van der Waals surface area contributed by atoms with Crippen molar-refractivity contribution in [1.82, 2.24) is 4.98 Å². The number of carbonyl (C=O) groups excluding carboxylic acids is 1. The van der Waals surface area contributed by atoms with E-state index in [9.17, 15) is 4.79 Å². The van der Waals surface area contributed by atoms with Gasteiger partial charge in [0.25, 0.3) is 5.91 Å². The fourth-order valence-electron chi connectivity index (χ4n) is 1.11. The fraction of sp³-hybridized carbons (Fsp3) is 0.143. The van der Waals surface area contributed by atoms with Gasteiger partial charge in [-0.2, -0.15) is 0 Å². The minimum absolute atomic E-state index is 0.157. The van der Waals surface area contributed by atoms with Gasteiger partial charge in [-0.15, -0.1) is 0 Å². The highest BCUT2D eigenvalue weighted by Crippen LogP contribution is 2.06. The summed E-state index contributed by atoms with van der Waals surface area (Å²) in [7, 11) is 0. The lowest BCUT2D eigenvalue weighted by atomic mass is 10.2. The standard InChI is InChI=1S/C14H16N2O/c1-4-5-6-7-12(3)14(17)16-13-9-8-11(2)10-15-13/h4-10H,1H2,2-3H3,(H,15,16,17)/b6-5-,12-7+. The molecule has 0 spiro atoms. The molecule has 0 aliphatic rings. The molecule has 1 N–H and O–H groups in total. The van der Waals surface area contributed by atoms with Crippen LogP contribution in [0.25, 0.3) is 0 Å². The number of aryl methyl sites for hydroxylation is 1. The molecule has 0 aliphatic heterocycles. The molecular formula is C14H16N2O. The molecule has 88 valence electrons. The molecule has 3 nitrogen and oxygen atoms in total. The van der Waals surface area contributed by atoms with Crippen LogP contribution in [-0.4, -0.2) is 10.9 Å². The first-order valence-electron chi connectivity index (χ1n) is 5.33. The van der Waals surface area contributed by atoms with Crippen molar-refractivity contribution in [3.63, 3.8) is 0 Å². The molecule has 1 amide bonds. The summed E-state index contributed by atoms with van der Waals surface area (Å²) in [6.07, 6.45) is 8.63. The maximum atomic E-state index is 11.7. The zero-order valence-corrected chi connectivity index (χ0v) is 10.1. The summed E-state index contributed by atoms with van der Waals surface area (Å²) >= 11 is 0. The number of amides is 1. The molecule has 0 saturated heterocycles. The second-order valence-corrected chi connectivity index (χ2v) is 3.65. The van der Waals surface area contributed by atoms with Gasteiger partial charge in [-0.1, -0.05) is 36.9 Å². The molecule has 1 aromatic rings. The van der Waals surface area contributed by atoms with E-state index in [1.807, 2.05) is 13.0 Å². The largest absolute Gasteiger partial charge is 0.307 e. The number of aromatic nitrogens is 1. The lowest BCUT2D eigenvalue weighted by molar-refractivity contribution is -0.112. The van der Waals surface area contributed by atoms with E-state index in [4.69, 9.17) is 0 Å². The van der Waals surface area contributed by atoms with Crippen molar-refractivity contribution >= 4 is 11.7 Å². The maximum absolute atomic E-state index is 11.7. The lowest BCUT2D eigenvalue weighted by Crippen LogP contribution is -2.13. The Bertz CT molecular complexity index is 456. The molecule has 3 heteroatoms. The van der Waals surface area contributed by atoms with Crippen LogP contribution in [0.3, 0.4) is 0 Å². The Morgan fingerprint density at radius 3 is 2.76 bits per heavy atom. The normalized spacial score (nSPS) is 11.5. The molecule has 0 aliphatic carbocycles. The quantitative estimate of drug-likeness (QED) is 0.635. The molecule has 0 aromatic carbocycles. The summed E-state index contributed by atoms with van der Waals surface area (Å²) in [5.74, 6) is 0.399. The van der Waals surface area contributed by atoms with Gasteiger partial charge in [-0.05, 0) is 25.5 Å². The Labute approximate surface area is 102 Å². The van der Waals surface area contributed by atoms with E-state index in [1.165, 1.54) is 0 Å². The average molecular weight is 228 g/mol. The van der Waals surface area contributed by atoms with Crippen molar-refractivity contribution in [3.8, 4) is 0 Å². The monoisotopic (exact) mass is 228 g/mol. The van der Waals surface area contributed by atoms with Gasteiger partial charge in [0.05, 0.1) is 0 Å². The highest BCUT2D eigenvalue weighted by molar-refractivity contribution is 6.02. The van der Waals surface area contributed by atoms with E-state index in [2.05, 4.69) is 16.9 Å². The van der Waals surface area contributed by atoms with Gasteiger partial charge < -0.3 is 5.32 Å². The molecule has 0 saturated carbocycles. The molecule has 17 heavy (non-hydrogen) atoms. The second kappa shape index (κ2) is 6.43. The van der Waals surface area contributed by atoms with Crippen LogP contribution in [0.2, 0.25) is 0 Å². The van der Waals surface area contributed by atoms with E-state index >= 15 is 0 Å². The third-order valence-electron chi connectivity index (χ3n) is 2.10. The minimum Gasteiger partial charge on any atom is -0.307 e. The first kappa shape index (κ1) is 12.9. The summed E-state index contributed by atoms with van der Waals surface area (Å²) < 4.78 is 0. The summed E-state index contributed by atoms with van der Waals surface area (Å²) in [5.41, 5.74) is 1.68. The van der Waals surface area contributed by atoms with Gasteiger partial charge in [-0.3, -0.25) is 4.79 Å². The predicted octanol–water partition coefficient (Wildman–Crippen LogP) is 3.02. The van der Waals surface area contributed by atoms with Crippen LogP contribution in [0.4, 0.5) is 5.82 Å². The highest BCUT2D eigenvalue weighted by Gasteiger charge is 2.03. The molecule has 1 rings (SSSR count). The van der Waals surface area contributed by atoms with Crippen LogP contribution < -0.4 is 5.32 Å². The number of hydrogen-bond donors (Lipinski definition) is 1. The molecule has 0 unspecified atom stereocenters.